The first kappa shape index (κ1) is 10.0. The summed E-state index contributed by atoms with van der Waals surface area (Å²) in [4.78, 5) is 0. The predicted molar refractivity (Wildman–Crippen MR) is 48.7 cm³/mol. The van der Waals surface area contributed by atoms with Crippen LogP contribution in [0, 0.1) is 0 Å². The van der Waals surface area contributed by atoms with Gasteiger partial charge in [0, 0.05) is 19.8 Å². The van der Waals surface area contributed by atoms with E-state index in [1.54, 1.807) is 4.68 Å². The highest BCUT2D eigenvalue weighted by molar-refractivity contribution is 5.37. The summed E-state index contributed by atoms with van der Waals surface area (Å²) in [6, 6.07) is 0. The van der Waals surface area contributed by atoms with Crippen LogP contribution in [-0.4, -0.2) is 16.3 Å². The lowest BCUT2D eigenvalue weighted by molar-refractivity contribution is 0.768. The van der Waals surface area contributed by atoms with E-state index < -0.39 is 0 Å². The summed E-state index contributed by atoms with van der Waals surface area (Å²) in [5.41, 5.74) is 1.08. The number of hydrogen-bond acceptors (Lipinski definition) is 2. The van der Waals surface area contributed by atoms with Gasteiger partial charge in [0.2, 0.25) is 0 Å². The highest BCUT2D eigenvalue weighted by atomic mass is 15.3. The molecule has 1 rings (SSSR count). The standard InChI is InChI=1S/C6H11N3.C2H6/c1-3-7-6-4-8-9(2)5-6;1-2/h4-5,7H,3H2,1-2H3;1-2H3. The summed E-state index contributed by atoms with van der Waals surface area (Å²) in [5, 5.41) is 7.13. The molecule has 0 aromatic carbocycles. The molecule has 3 nitrogen and oxygen atoms in total. The Bertz CT molecular complexity index is 181. The zero-order valence-corrected chi connectivity index (χ0v) is 7.76. The maximum atomic E-state index is 3.99. The molecular weight excluding hydrogens is 138 g/mol. The van der Waals surface area contributed by atoms with Crippen molar-refractivity contribution in [3.63, 3.8) is 0 Å². The molecule has 0 atom stereocenters. The lowest BCUT2D eigenvalue weighted by Crippen LogP contribution is -1.93. The molecule has 1 heterocycles. The van der Waals surface area contributed by atoms with E-state index in [1.165, 1.54) is 0 Å². The van der Waals surface area contributed by atoms with Crippen molar-refractivity contribution in [2.24, 2.45) is 7.05 Å². The van der Waals surface area contributed by atoms with Gasteiger partial charge in [-0.25, -0.2) is 0 Å². The summed E-state index contributed by atoms with van der Waals surface area (Å²) < 4.78 is 1.78. The van der Waals surface area contributed by atoms with Crippen molar-refractivity contribution < 1.29 is 0 Å². The number of aromatic nitrogens is 2. The third-order valence-electron chi connectivity index (χ3n) is 1.09. The molecule has 1 aromatic heterocycles. The van der Waals surface area contributed by atoms with Crippen LogP contribution in [-0.2, 0) is 7.05 Å². The summed E-state index contributed by atoms with van der Waals surface area (Å²) in [6.07, 6.45) is 3.76. The minimum absolute atomic E-state index is 0.950. The van der Waals surface area contributed by atoms with E-state index >= 15 is 0 Å². The average molecular weight is 155 g/mol. The Balaban J connectivity index is 0.000000461. The molecular formula is C8H17N3. The first-order chi connectivity index (χ1) is 5.33. The quantitative estimate of drug-likeness (QED) is 0.706. The van der Waals surface area contributed by atoms with Crippen LogP contribution in [0.5, 0.6) is 0 Å². The molecule has 0 saturated heterocycles. The van der Waals surface area contributed by atoms with Gasteiger partial charge >= 0.3 is 0 Å². The van der Waals surface area contributed by atoms with Crippen molar-refractivity contribution in [1.82, 2.24) is 9.78 Å². The van der Waals surface area contributed by atoms with Gasteiger partial charge in [0.25, 0.3) is 0 Å². The Hall–Kier alpha value is -0.990. The highest BCUT2D eigenvalue weighted by Crippen LogP contribution is 2.00. The first-order valence-electron chi connectivity index (χ1n) is 4.05. The molecule has 3 heteroatoms. The molecule has 0 saturated carbocycles. The number of rotatable bonds is 2. The van der Waals surface area contributed by atoms with Gasteiger partial charge in [0.15, 0.2) is 0 Å². The van der Waals surface area contributed by atoms with Crippen molar-refractivity contribution in [2.45, 2.75) is 20.8 Å². The SMILES string of the molecule is CC.CCNc1cnn(C)c1. The smallest absolute Gasteiger partial charge is 0.0726 e. The van der Waals surface area contributed by atoms with Crippen molar-refractivity contribution in [2.75, 3.05) is 11.9 Å². The zero-order valence-electron chi connectivity index (χ0n) is 7.76. The van der Waals surface area contributed by atoms with E-state index in [-0.39, 0.29) is 0 Å². The van der Waals surface area contributed by atoms with Gasteiger partial charge in [-0.1, -0.05) is 13.8 Å². The fraction of sp³-hybridized carbons (Fsp3) is 0.625. The monoisotopic (exact) mass is 155 g/mol. The third-order valence-corrected chi connectivity index (χ3v) is 1.09. The van der Waals surface area contributed by atoms with Crippen molar-refractivity contribution >= 4 is 5.69 Å². The first-order valence-corrected chi connectivity index (χ1v) is 4.05. The lowest BCUT2D eigenvalue weighted by Gasteiger charge is -1.93. The fourth-order valence-corrected chi connectivity index (χ4v) is 0.717. The largest absolute Gasteiger partial charge is 0.383 e. The molecule has 1 N–H and O–H groups in total. The van der Waals surface area contributed by atoms with Gasteiger partial charge in [0.1, 0.15) is 0 Å². The summed E-state index contributed by atoms with van der Waals surface area (Å²) in [7, 11) is 1.90. The molecule has 0 fully saturated rings. The van der Waals surface area contributed by atoms with E-state index in [4.69, 9.17) is 0 Å². The van der Waals surface area contributed by atoms with E-state index in [2.05, 4.69) is 17.3 Å². The molecule has 0 aliphatic rings. The Morgan fingerprint density at radius 3 is 2.55 bits per heavy atom. The van der Waals surface area contributed by atoms with E-state index in [0.717, 1.165) is 12.2 Å². The van der Waals surface area contributed by atoms with Crippen LogP contribution in [0.25, 0.3) is 0 Å². The number of nitrogens with zero attached hydrogens (tertiary/aromatic N) is 2. The predicted octanol–water partition coefficient (Wildman–Crippen LogP) is 1.88. The van der Waals surface area contributed by atoms with Crippen molar-refractivity contribution in [3.8, 4) is 0 Å². The molecule has 0 spiro atoms. The minimum atomic E-state index is 0.950. The van der Waals surface area contributed by atoms with Crippen LogP contribution in [0.3, 0.4) is 0 Å². The normalized spacial score (nSPS) is 8.36. The van der Waals surface area contributed by atoms with Gasteiger partial charge in [0.05, 0.1) is 11.9 Å². The Morgan fingerprint density at radius 2 is 2.18 bits per heavy atom. The Labute approximate surface area is 68.4 Å². The van der Waals surface area contributed by atoms with Gasteiger partial charge in [-0.3, -0.25) is 4.68 Å². The highest BCUT2D eigenvalue weighted by Gasteiger charge is 1.89. The van der Waals surface area contributed by atoms with Gasteiger partial charge in [-0.2, -0.15) is 5.10 Å². The van der Waals surface area contributed by atoms with E-state index in [1.807, 2.05) is 33.3 Å². The lowest BCUT2D eigenvalue weighted by atomic mass is 10.5. The second-order valence-corrected chi connectivity index (χ2v) is 1.93. The van der Waals surface area contributed by atoms with Crippen LogP contribution in [0.15, 0.2) is 12.4 Å². The summed E-state index contributed by atoms with van der Waals surface area (Å²) in [6.45, 7) is 7.01. The second-order valence-electron chi connectivity index (χ2n) is 1.93. The van der Waals surface area contributed by atoms with E-state index in [0.29, 0.717) is 0 Å². The summed E-state index contributed by atoms with van der Waals surface area (Å²) >= 11 is 0. The van der Waals surface area contributed by atoms with Crippen molar-refractivity contribution in [1.29, 1.82) is 0 Å². The topological polar surface area (TPSA) is 29.9 Å². The molecule has 11 heavy (non-hydrogen) atoms. The summed E-state index contributed by atoms with van der Waals surface area (Å²) in [5.74, 6) is 0. The Morgan fingerprint density at radius 1 is 1.55 bits per heavy atom. The molecule has 1 aromatic rings. The molecule has 0 bridgehead atoms. The van der Waals surface area contributed by atoms with E-state index in [9.17, 15) is 0 Å². The van der Waals surface area contributed by atoms with Gasteiger partial charge < -0.3 is 5.32 Å². The minimum Gasteiger partial charge on any atom is -0.383 e. The van der Waals surface area contributed by atoms with Gasteiger partial charge in [-0.05, 0) is 6.92 Å². The fourth-order valence-electron chi connectivity index (χ4n) is 0.717. The van der Waals surface area contributed by atoms with Crippen LogP contribution in [0.1, 0.15) is 20.8 Å². The van der Waals surface area contributed by atoms with Crippen LogP contribution in [0.2, 0.25) is 0 Å². The number of hydrogen-bond donors (Lipinski definition) is 1. The van der Waals surface area contributed by atoms with Gasteiger partial charge in [-0.15, -0.1) is 0 Å². The molecule has 0 unspecified atom stereocenters. The van der Waals surface area contributed by atoms with Crippen LogP contribution >= 0.6 is 0 Å². The average Bonchev–Trinajstić information content (AvgIpc) is 2.41. The zero-order chi connectivity index (χ0) is 8.69. The molecule has 0 radical (unpaired) electrons. The Kier molecular flexibility index (Phi) is 5.25. The molecule has 0 amide bonds. The second kappa shape index (κ2) is 5.77. The third kappa shape index (κ3) is 3.65. The van der Waals surface area contributed by atoms with Crippen molar-refractivity contribution in [3.05, 3.63) is 12.4 Å². The molecule has 0 aliphatic heterocycles. The van der Waals surface area contributed by atoms with Crippen LogP contribution < -0.4 is 5.32 Å². The number of nitrogens with one attached hydrogen (secondary N) is 1. The maximum absolute atomic E-state index is 3.99. The number of aryl methyl sites for hydroxylation is 1. The van der Waals surface area contributed by atoms with Crippen LogP contribution in [0.4, 0.5) is 5.69 Å². The molecule has 0 aliphatic carbocycles. The maximum Gasteiger partial charge on any atom is 0.0726 e. The molecule has 64 valence electrons. The number of anilines is 1.